The summed E-state index contributed by atoms with van der Waals surface area (Å²) in [5.41, 5.74) is 0. The lowest BCUT2D eigenvalue weighted by molar-refractivity contribution is 0.294. The zero-order valence-electron chi connectivity index (χ0n) is 9.73. The summed E-state index contributed by atoms with van der Waals surface area (Å²) in [6, 6.07) is 0.0519. The van der Waals surface area contributed by atoms with E-state index < -0.39 is 0 Å². The lowest BCUT2D eigenvalue weighted by Crippen LogP contribution is -2.26. The third-order valence-corrected chi connectivity index (χ3v) is 2.76. The van der Waals surface area contributed by atoms with Crippen LogP contribution in [0.2, 0.25) is 0 Å². The molecule has 1 aromatic rings. The summed E-state index contributed by atoms with van der Waals surface area (Å²) in [5.74, 6) is 4.97. The molecule has 1 aliphatic rings. The predicted octanol–water partition coefficient (Wildman–Crippen LogP) is 1.87. The Labute approximate surface area is 95.8 Å². The average Bonchev–Trinajstić information content (AvgIpc) is 2.99. The first-order valence-electron chi connectivity index (χ1n) is 5.72. The van der Waals surface area contributed by atoms with Gasteiger partial charge in [0.05, 0.1) is 12.6 Å². The first-order chi connectivity index (χ1) is 7.72. The molecule has 4 nitrogen and oxygen atoms in total. The summed E-state index contributed by atoms with van der Waals surface area (Å²) in [6.45, 7) is 4.73. The van der Waals surface area contributed by atoms with Crippen LogP contribution in [0.4, 0.5) is 0 Å². The SMILES string of the molecule is C#CCNC(c1nc(C2CC2)no1)C(C)C. The zero-order chi connectivity index (χ0) is 11.5. The second kappa shape index (κ2) is 4.67. The molecule has 86 valence electrons. The van der Waals surface area contributed by atoms with Gasteiger partial charge in [0.25, 0.3) is 0 Å². The molecule has 1 atom stereocenters. The maximum atomic E-state index is 5.29. The largest absolute Gasteiger partial charge is 0.338 e. The number of nitrogens with zero attached hydrogens (tertiary/aromatic N) is 2. The summed E-state index contributed by atoms with van der Waals surface area (Å²) >= 11 is 0. The Morgan fingerprint density at radius 1 is 1.56 bits per heavy atom. The fourth-order valence-electron chi connectivity index (χ4n) is 1.66. The predicted molar refractivity (Wildman–Crippen MR) is 60.7 cm³/mol. The minimum atomic E-state index is 0.0519. The Morgan fingerprint density at radius 2 is 2.31 bits per heavy atom. The Hall–Kier alpha value is -1.34. The number of rotatable bonds is 5. The van der Waals surface area contributed by atoms with E-state index in [4.69, 9.17) is 10.9 Å². The molecule has 1 aliphatic carbocycles. The summed E-state index contributed by atoms with van der Waals surface area (Å²) in [5, 5.41) is 7.24. The van der Waals surface area contributed by atoms with E-state index in [1.165, 1.54) is 12.8 Å². The topological polar surface area (TPSA) is 51.0 Å². The van der Waals surface area contributed by atoms with Crippen molar-refractivity contribution >= 4 is 0 Å². The van der Waals surface area contributed by atoms with E-state index in [1.807, 2.05) is 0 Å². The van der Waals surface area contributed by atoms with Gasteiger partial charge in [0, 0.05) is 5.92 Å². The van der Waals surface area contributed by atoms with Crippen LogP contribution in [-0.4, -0.2) is 16.7 Å². The highest BCUT2D eigenvalue weighted by atomic mass is 16.5. The van der Waals surface area contributed by atoms with Crippen LogP contribution in [0.5, 0.6) is 0 Å². The minimum absolute atomic E-state index is 0.0519. The first-order valence-corrected chi connectivity index (χ1v) is 5.72. The lowest BCUT2D eigenvalue weighted by Gasteiger charge is -2.16. The van der Waals surface area contributed by atoms with Gasteiger partial charge in [-0.15, -0.1) is 6.42 Å². The number of terminal acetylenes is 1. The van der Waals surface area contributed by atoms with Crippen LogP contribution in [0.3, 0.4) is 0 Å². The molecule has 0 saturated heterocycles. The van der Waals surface area contributed by atoms with E-state index in [1.54, 1.807) is 0 Å². The molecule has 1 heterocycles. The molecule has 0 aromatic carbocycles. The summed E-state index contributed by atoms with van der Waals surface area (Å²) in [7, 11) is 0. The second-order valence-electron chi connectivity index (χ2n) is 4.57. The first kappa shape index (κ1) is 11.2. The molecule has 0 radical (unpaired) electrons. The number of hydrogen-bond acceptors (Lipinski definition) is 4. The van der Waals surface area contributed by atoms with Gasteiger partial charge in [-0.05, 0) is 18.8 Å². The van der Waals surface area contributed by atoms with Crippen LogP contribution in [0, 0.1) is 18.3 Å². The van der Waals surface area contributed by atoms with Crippen LogP contribution in [0.1, 0.15) is 50.4 Å². The molecule has 0 spiro atoms. The van der Waals surface area contributed by atoms with Crippen molar-refractivity contribution in [1.82, 2.24) is 15.5 Å². The maximum absolute atomic E-state index is 5.29. The van der Waals surface area contributed by atoms with Gasteiger partial charge in [-0.25, -0.2) is 0 Å². The molecule has 1 saturated carbocycles. The van der Waals surface area contributed by atoms with E-state index >= 15 is 0 Å². The van der Waals surface area contributed by atoms with Crippen LogP contribution in [0.15, 0.2) is 4.52 Å². The summed E-state index contributed by atoms with van der Waals surface area (Å²) < 4.78 is 5.29. The van der Waals surface area contributed by atoms with Crippen LogP contribution in [-0.2, 0) is 0 Å². The van der Waals surface area contributed by atoms with Crippen molar-refractivity contribution in [2.45, 2.75) is 38.6 Å². The average molecular weight is 219 g/mol. The van der Waals surface area contributed by atoms with Gasteiger partial charge in [-0.3, -0.25) is 5.32 Å². The fraction of sp³-hybridized carbons (Fsp3) is 0.667. The normalized spacial score (nSPS) is 17.4. The molecule has 2 rings (SSSR count). The molecule has 4 heteroatoms. The summed E-state index contributed by atoms with van der Waals surface area (Å²) in [4.78, 5) is 4.44. The highest BCUT2D eigenvalue weighted by molar-refractivity contribution is 5.05. The van der Waals surface area contributed by atoms with Crippen LogP contribution >= 0.6 is 0 Å². The molecule has 0 aliphatic heterocycles. The standard InChI is InChI=1S/C12H17N3O/c1-4-7-13-10(8(2)3)12-14-11(15-16-12)9-5-6-9/h1,8-10,13H,5-7H2,2-3H3. The van der Waals surface area contributed by atoms with Crippen molar-refractivity contribution in [1.29, 1.82) is 0 Å². The van der Waals surface area contributed by atoms with Crippen molar-refractivity contribution in [2.75, 3.05) is 6.54 Å². The number of hydrogen-bond donors (Lipinski definition) is 1. The highest BCUT2D eigenvalue weighted by Crippen LogP contribution is 2.38. The van der Waals surface area contributed by atoms with Gasteiger partial charge >= 0.3 is 0 Å². The van der Waals surface area contributed by atoms with Crippen molar-refractivity contribution in [2.24, 2.45) is 5.92 Å². The fourth-order valence-corrected chi connectivity index (χ4v) is 1.66. The molecule has 1 N–H and O–H groups in total. The third-order valence-electron chi connectivity index (χ3n) is 2.76. The van der Waals surface area contributed by atoms with E-state index in [0.717, 1.165) is 5.82 Å². The molecule has 0 bridgehead atoms. The van der Waals surface area contributed by atoms with E-state index in [2.05, 4.69) is 35.2 Å². The number of aromatic nitrogens is 2. The maximum Gasteiger partial charge on any atom is 0.244 e. The van der Waals surface area contributed by atoms with Crippen LogP contribution < -0.4 is 5.32 Å². The Balaban J connectivity index is 2.08. The van der Waals surface area contributed by atoms with Gasteiger partial charge in [-0.1, -0.05) is 24.9 Å². The van der Waals surface area contributed by atoms with Gasteiger partial charge in [-0.2, -0.15) is 4.98 Å². The van der Waals surface area contributed by atoms with Crippen molar-refractivity contribution in [3.63, 3.8) is 0 Å². The quantitative estimate of drug-likeness (QED) is 0.768. The van der Waals surface area contributed by atoms with Crippen molar-refractivity contribution < 1.29 is 4.52 Å². The van der Waals surface area contributed by atoms with Crippen molar-refractivity contribution in [3.05, 3.63) is 11.7 Å². The van der Waals surface area contributed by atoms with E-state index in [0.29, 0.717) is 24.3 Å². The monoisotopic (exact) mass is 219 g/mol. The molecule has 1 fully saturated rings. The third kappa shape index (κ3) is 2.42. The molecule has 16 heavy (non-hydrogen) atoms. The number of nitrogens with one attached hydrogen (secondary N) is 1. The van der Waals surface area contributed by atoms with Gasteiger partial charge in [0.15, 0.2) is 5.82 Å². The molecule has 1 unspecified atom stereocenters. The Bertz CT molecular complexity index is 387. The van der Waals surface area contributed by atoms with Crippen molar-refractivity contribution in [3.8, 4) is 12.3 Å². The highest BCUT2D eigenvalue weighted by Gasteiger charge is 2.30. The molecule has 1 aromatic heterocycles. The minimum Gasteiger partial charge on any atom is -0.338 e. The van der Waals surface area contributed by atoms with Gasteiger partial charge in [0.1, 0.15) is 0 Å². The Kier molecular flexibility index (Phi) is 3.25. The smallest absolute Gasteiger partial charge is 0.244 e. The Morgan fingerprint density at radius 3 is 2.88 bits per heavy atom. The van der Waals surface area contributed by atoms with Gasteiger partial charge in [0.2, 0.25) is 5.89 Å². The van der Waals surface area contributed by atoms with E-state index in [9.17, 15) is 0 Å². The summed E-state index contributed by atoms with van der Waals surface area (Å²) in [6.07, 6.45) is 7.61. The lowest BCUT2D eigenvalue weighted by atomic mass is 10.0. The molecule has 0 amide bonds. The molecular formula is C12H17N3O. The zero-order valence-corrected chi connectivity index (χ0v) is 9.73. The van der Waals surface area contributed by atoms with E-state index in [-0.39, 0.29) is 6.04 Å². The second-order valence-corrected chi connectivity index (χ2v) is 4.57. The van der Waals surface area contributed by atoms with Gasteiger partial charge < -0.3 is 4.52 Å². The van der Waals surface area contributed by atoms with Crippen LogP contribution in [0.25, 0.3) is 0 Å². The molecular weight excluding hydrogens is 202 g/mol.